The van der Waals surface area contributed by atoms with Crippen molar-refractivity contribution in [3.8, 4) is 11.5 Å². The molecule has 0 aliphatic rings. The summed E-state index contributed by atoms with van der Waals surface area (Å²) in [6.45, 7) is 4.11. The van der Waals surface area contributed by atoms with Crippen LogP contribution in [0.2, 0.25) is 0 Å². The van der Waals surface area contributed by atoms with E-state index in [2.05, 4.69) is 17.1 Å². The van der Waals surface area contributed by atoms with Crippen LogP contribution in [0.4, 0.5) is 0 Å². The van der Waals surface area contributed by atoms with E-state index in [1.165, 1.54) is 22.9 Å². The van der Waals surface area contributed by atoms with Crippen molar-refractivity contribution >= 4 is 17.7 Å². The largest absolute Gasteiger partial charge is 0.411 e. The number of nitrogens with zero attached hydrogens (tertiary/aromatic N) is 3. The average Bonchev–Trinajstić information content (AvgIpc) is 3.11. The van der Waals surface area contributed by atoms with Gasteiger partial charge < -0.3 is 9.32 Å². The third-order valence-electron chi connectivity index (χ3n) is 4.15. The van der Waals surface area contributed by atoms with Gasteiger partial charge in [0.15, 0.2) is 0 Å². The Morgan fingerprint density at radius 1 is 1.04 bits per heavy atom. The number of carbonyl (C=O) groups excluding carboxylic acids is 1. The molecule has 0 bridgehead atoms. The molecule has 0 aliphatic carbocycles. The van der Waals surface area contributed by atoms with Crippen molar-refractivity contribution in [1.82, 2.24) is 15.1 Å². The van der Waals surface area contributed by atoms with Crippen LogP contribution >= 0.6 is 11.8 Å². The Hall–Kier alpha value is -2.60. The topological polar surface area (TPSA) is 59.2 Å². The highest BCUT2D eigenvalue weighted by Crippen LogP contribution is 2.36. The Bertz CT molecular complexity index is 906. The van der Waals surface area contributed by atoms with Gasteiger partial charge in [0.2, 0.25) is 11.8 Å². The minimum atomic E-state index is -0.431. The number of carbonyl (C=O) groups is 1. The first-order valence-corrected chi connectivity index (χ1v) is 9.17. The lowest BCUT2D eigenvalue weighted by Crippen LogP contribution is -2.26. The molecular weight excluding hydrogens is 346 g/mol. The highest BCUT2D eigenvalue weighted by molar-refractivity contribution is 8.00. The van der Waals surface area contributed by atoms with Crippen LogP contribution in [0.5, 0.6) is 0 Å². The average molecular weight is 367 g/mol. The number of hydrogen-bond acceptors (Lipinski definition) is 5. The molecule has 2 aromatic carbocycles. The Morgan fingerprint density at radius 3 is 2.42 bits per heavy atom. The summed E-state index contributed by atoms with van der Waals surface area (Å²) in [5, 5.41) is 8.22. The third-order valence-corrected chi connectivity index (χ3v) is 5.22. The molecular formula is C20H21N3O2S. The SMILES string of the molecule is Cc1ccc(-c2nnc(S[C@@H](C(=O)N(C)C)c3ccccc3)o2)cc1C. The number of benzene rings is 2. The molecule has 0 aliphatic heterocycles. The fourth-order valence-corrected chi connectivity index (χ4v) is 3.49. The van der Waals surface area contributed by atoms with E-state index in [-0.39, 0.29) is 5.91 Å². The maximum absolute atomic E-state index is 12.6. The second-order valence-electron chi connectivity index (χ2n) is 6.31. The monoisotopic (exact) mass is 367 g/mol. The summed E-state index contributed by atoms with van der Waals surface area (Å²) in [5.41, 5.74) is 4.16. The first-order chi connectivity index (χ1) is 12.5. The zero-order valence-corrected chi connectivity index (χ0v) is 16.1. The molecule has 26 heavy (non-hydrogen) atoms. The van der Waals surface area contributed by atoms with Crippen LogP contribution in [0.1, 0.15) is 21.9 Å². The van der Waals surface area contributed by atoms with Gasteiger partial charge >= 0.3 is 0 Å². The predicted molar refractivity (Wildman–Crippen MR) is 103 cm³/mol. The van der Waals surface area contributed by atoms with Crippen molar-refractivity contribution in [2.75, 3.05) is 14.1 Å². The molecule has 1 aromatic heterocycles. The molecule has 0 unspecified atom stereocenters. The maximum Gasteiger partial charge on any atom is 0.277 e. The quantitative estimate of drug-likeness (QED) is 0.630. The van der Waals surface area contributed by atoms with Crippen LogP contribution in [0.15, 0.2) is 58.2 Å². The van der Waals surface area contributed by atoms with Crippen molar-refractivity contribution < 1.29 is 9.21 Å². The second-order valence-corrected chi connectivity index (χ2v) is 7.37. The first kappa shape index (κ1) is 18.2. The zero-order valence-electron chi connectivity index (χ0n) is 15.3. The van der Waals surface area contributed by atoms with Gasteiger partial charge in [-0.15, -0.1) is 10.2 Å². The van der Waals surface area contributed by atoms with Gasteiger partial charge in [-0.3, -0.25) is 4.79 Å². The smallest absolute Gasteiger partial charge is 0.277 e. The molecule has 1 amide bonds. The number of amides is 1. The van der Waals surface area contributed by atoms with Crippen molar-refractivity contribution in [3.05, 3.63) is 65.2 Å². The molecule has 134 valence electrons. The molecule has 0 saturated carbocycles. The van der Waals surface area contributed by atoms with Gasteiger partial charge in [-0.05, 0) is 54.4 Å². The number of hydrogen-bond donors (Lipinski definition) is 0. The summed E-state index contributed by atoms with van der Waals surface area (Å²) in [6, 6.07) is 15.6. The van der Waals surface area contributed by atoms with E-state index < -0.39 is 5.25 Å². The number of aryl methyl sites for hydroxylation is 2. The van der Waals surface area contributed by atoms with Crippen LogP contribution in [0.25, 0.3) is 11.5 Å². The van der Waals surface area contributed by atoms with Gasteiger partial charge in [-0.2, -0.15) is 0 Å². The third kappa shape index (κ3) is 3.96. The number of likely N-dealkylation sites (N-methyl/N-ethyl adjacent to an activating group) is 1. The van der Waals surface area contributed by atoms with Crippen molar-refractivity contribution in [3.63, 3.8) is 0 Å². The molecule has 0 saturated heterocycles. The summed E-state index contributed by atoms with van der Waals surface area (Å²) in [7, 11) is 3.49. The summed E-state index contributed by atoms with van der Waals surface area (Å²) in [4.78, 5) is 14.2. The standard InChI is InChI=1S/C20H21N3O2S/c1-13-10-11-16(12-14(13)2)18-21-22-20(25-18)26-17(19(24)23(3)4)15-8-6-5-7-9-15/h5-12,17H,1-4H3/t17-/m1/s1. The van der Waals surface area contributed by atoms with Gasteiger partial charge in [0.25, 0.3) is 5.22 Å². The molecule has 6 heteroatoms. The lowest BCUT2D eigenvalue weighted by Gasteiger charge is -2.18. The van der Waals surface area contributed by atoms with E-state index in [0.29, 0.717) is 11.1 Å². The van der Waals surface area contributed by atoms with Crippen molar-refractivity contribution in [2.45, 2.75) is 24.3 Å². The molecule has 1 atom stereocenters. The molecule has 0 spiro atoms. The lowest BCUT2D eigenvalue weighted by atomic mass is 10.1. The number of rotatable bonds is 5. The Labute approximate surface area is 157 Å². The summed E-state index contributed by atoms with van der Waals surface area (Å²) >= 11 is 1.27. The molecule has 3 rings (SSSR count). The normalized spacial score (nSPS) is 12.0. The van der Waals surface area contributed by atoms with Gasteiger partial charge in [-0.1, -0.05) is 36.4 Å². The maximum atomic E-state index is 12.6. The first-order valence-electron chi connectivity index (χ1n) is 8.29. The van der Waals surface area contributed by atoms with Gasteiger partial charge in [-0.25, -0.2) is 0 Å². The van der Waals surface area contributed by atoms with E-state index in [9.17, 15) is 4.79 Å². The van der Waals surface area contributed by atoms with E-state index in [1.807, 2.05) is 55.5 Å². The molecule has 0 fully saturated rings. The van der Waals surface area contributed by atoms with E-state index >= 15 is 0 Å². The van der Waals surface area contributed by atoms with Crippen LogP contribution in [-0.4, -0.2) is 35.1 Å². The Kier molecular flexibility index (Phi) is 5.42. The van der Waals surface area contributed by atoms with Crippen LogP contribution < -0.4 is 0 Å². The van der Waals surface area contributed by atoms with Crippen molar-refractivity contribution in [2.24, 2.45) is 0 Å². The minimum Gasteiger partial charge on any atom is -0.411 e. The fourth-order valence-electron chi connectivity index (χ4n) is 2.47. The molecule has 1 heterocycles. The van der Waals surface area contributed by atoms with Crippen LogP contribution in [-0.2, 0) is 4.79 Å². The van der Waals surface area contributed by atoms with Gasteiger partial charge in [0.1, 0.15) is 5.25 Å². The second kappa shape index (κ2) is 7.74. The van der Waals surface area contributed by atoms with E-state index in [4.69, 9.17) is 4.42 Å². The van der Waals surface area contributed by atoms with Gasteiger partial charge in [0.05, 0.1) is 0 Å². The van der Waals surface area contributed by atoms with Crippen molar-refractivity contribution in [1.29, 1.82) is 0 Å². The highest BCUT2D eigenvalue weighted by atomic mass is 32.2. The molecule has 0 N–H and O–H groups in total. The summed E-state index contributed by atoms with van der Waals surface area (Å²) in [6.07, 6.45) is 0. The van der Waals surface area contributed by atoms with Crippen LogP contribution in [0.3, 0.4) is 0 Å². The lowest BCUT2D eigenvalue weighted by molar-refractivity contribution is -0.128. The molecule has 5 nitrogen and oxygen atoms in total. The molecule has 3 aromatic rings. The van der Waals surface area contributed by atoms with E-state index in [1.54, 1.807) is 19.0 Å². The van der Waals surface area contributed by atoms with E-state index in [0.717, 1.165) is 11.1 Å². The fraction of sp³-hybridized carbons (Fsp3) is 0.250. The Balaban J connectivity index is 1.87. The summed E-state index contributed by atoms with van der Waals surface area (Å²) < 4.78 is 5.82. The number of thioether (sulfide) groups is 1. The van der Waals surface area contributed by atoms with Crippen LogP contribution in [0, 0.1) is 13.8 Å². The minimum absolute atomic E-state index is 0.0212. The highest BCUT2D eigenvalue weighted by Gasteiger charge is 2.26. The van der Waals surface area contributed by atoms with Gasteiger partial charge in [0, 0.05) is 19.7 Å². The Morgan fingerprint density at radius 2 is 1.77 bits per heavy atom. The summed E-state index contributed by atoms with van der Waals surface area (Å²) in [5.74, 6) is 0.437. The number of aromatic nitrogens is 2. The molecule has 0 radical (unpaired) electrons. The zero-order chi connectivity index (χ0) is 18.7. The predicted octanol–water partition coefficient (Wildman–Crippen LogP) is 4.28.